The minimum Gasteiger partial charge on any atom is -0.360 e. The first kappa shape index (κ1) is 16.1. The first-order valence-electron chi connectivity index (χ1n) is 6.69. The Hall–Kier alpha value is -0.940. The highest BCUT2D eigenvalue weighted by molar-refractivity contribution is 5.28. The van der Waals surface area contributed by atoms with E-state index >= 15 is 0 Å². The zero-order valence-electron chi connectivity index (χ0n) is 12.3. The second-order valence-electron chi connectivity index (χ2n) is 4.47. The molecule has 0 radical (unpaired) electrons. The van der Waals surface area contributed by atoms with Crippen LogP contribution in [0.2, 0.25) is 0 Å². The zero-order valence-corrected chi connectivity index (χ0v) is 12.3. The molecule has 19 heavy (non-hydrogen) atoms. The number of aryl methyl sites for hydroxylation is 1. The molecule has 0 amide bonds. The Kier molecular flexibility index (Phi) is 7.67. The van der Waals surface area contributed by atoms with Crippen molar-refractivity contribution in [2.75, 3.05) is 27.2 Å². The van der Waals surface area contributed by atoms with Crippen LogP contribution in [-0.2, 0) is 14.2 Å². The first-order chi connectivity index (χ1) is 9.20. The molecule has 0 aliphatic carbocycles. The summed E-state index contributed by atoms with van der Waals surface area (Å²) < 4.78 is 16.6. The molecule has 2 atom stereocenters. The largest absolute Gasteiger partial charge is 0.360 e. The van der Waals surface area contributed by atoms with E-state index in [1.807, 2.05) is 26.0 Å². The van der Waals surface area contributed by atoms with Gasteiger partial charge >= 0.3 is 0 Å². The number of benzene rings is 1. The lowest BCUT2D eigenvalue weighted by atomic mass is 10.00. The fraction of sp³-hybridized carbons (Fsp3) is 0.600. The summed E-state index contributed by atoms with van der Waals surface area (Å²) >= 11 is 0. The van der Waals surface area contributed by atoms with E-state index in [-0.39, 0.29) is 19.0 Å². The Labute approximate surface area is 116 Å². The molecule has 4 nitrogen and oxygen atoms in total. The first-order valence-corrected chi connectivity index (χ1v) is 6.69. The van der Waals surface area contributed by atoms with E-state index in [0.717, 1.165) is 12.1 Å². The second kappa shape index (κ2) is 9.04. The van der Waals surface area contributed by atoms with Crippen LogP contribution in [0.3, 0.4) is 0 Å². The summed E-state index contributed by atoms with van der Waals surface area (Å²) in [6.45, 7) is 7.82. The number of ether oxygens (including phenoxy) is 3. The molecule has 0 fully saturated rings. The molecule has 0 aromatic heterocycles. The minimum atomic E-state index is -0.125. The van der Waals surface area contributed by atoms with Crippen LogP contribution < -0.4 is 5.32 Å². The van der Waals surface area contributed by atoms with Crippen molar-refractivity contribution < 1.29 is 14.2 Å². The van der Waals surface area contributed by atoms with Gasteiger partial charge in [-0.2, -0.15) is 0 Å². The molecular formula is C15H25NO3. The predicted octanol–water partition coefficient (Wildman–Crippen LogP) is 2.63. The Morgan fingerprint density at radius 2 is 1.95 bits per heavy atom. The van der Waals surface area contributed by atoms with Gasteiger partial charge in [0.05, 0.1) is 12.8 Å². The Morgan fingerprint density at radius 3 is 2.58 bits per heavy atom. The molecule has 2 unspecified atom stereocenters. The van der Waals surface area contributed by atoms with Crippen LogP contribution in [0.15, 0.2) is 24.3 Å². The average Bonchev–Trinajstić information content (AvgIpc) is 2.41. The van der Waals surface area contributed by atoms with Gasteiger partial charge in [0.2, 0.25) is 0 Å². The third kappa shape index (κ3) is 5.28. The van der Waals surface area contributed by atoms with Gasteiger partial charge in [-0.15, -0.1) is 0 Å². The monoisotopic (exact) mass is 267 g/mol. The fourth-order valence-corrected chi connectivity index (χ4v) is 1.91. The van der Waals surface area contributed by atoms with E-state index in [2.05, 4.69) is 24.4 Å². The summed E-state index contributed by atoms with van der Waals surface area (Å²) in [4.78, 5) is 0. The van der Waals surface area contributed by atoms with Gasteiger partial charge < -0.3 is 14.2 Å². The number of methoxy groups -OCH3 is 1. The molecule has 0 spiro atoms. The fourth-order valence-electron chi connectivity index (χ4n) is 1.91. The minimum absolute atomic E-state index is 0.0460. The molecular weight excluding hydrogens is 242 g/mol. The standard InChI is InChI=1S/C15H25NO3/c1-5-16-10-18-13(3)15(19-11-17-4)14-9-7-6-8-12(14)2/h6-9,13,15-16H,5,10-11H2,1-4H3. The van der Waals surface area contributed by atoms with Crippen molar-refractivity contribution >= 4 is 0 Å². The van der Waals surface area contributed by atoms with Gasteiger partial charge in [-0.25, -0.2) is 0 Å². The molecule has 1 rings (SSSR count). The normalized spacial score (nSPS) is 14.3. The van der Waals surface area contributed by atoms with Crippen molar-refractivity contribution in [3.63, 3.8) is 0 Å². The van der Waals surface area contributed by atoms with Gasteiger partial charge in [0.1, 0.15) is 12.9 Å². The summed E-state index contributed by atoms with van der Waals surface area (Å²) in [6.07, 6.45) is -0.171. The molecule has 4 heteroatoms. The summed E-state index contributed by atoms with van der Waals surface area (Å²) in [6, 6.07) is 8.19. The molecule has 0 aliphatic rings. The maximum Gasteiger partial charge on any atom is 0.147 e. The van der Waals surface area contributed by atoms with Gasteiger partial charge in [0.25, 0.3) is 0 Å². The van der Waals surface area contributed by atoms with Gasteiger partial charge in [-0.1, -0.05) is 31.2 Å². The molecule has 0 bridgehead atoms. The van der Waals surface area contributed by atoms with Crippen molar-refractivity contribution in [1.82, 2.24) is 5.32 Å². The molecule has 0 heterocycles. The van der Waals surface area contributed by atoms with E-state index in [9.17, 15) is 0 Å². The third-order valence-corrected chi connectivity index (χ3v) is 2.99. The summed E-state index contributed by atoms with van der Waals surface area (Å²) in [5.41, 5.74) is 2.34. The maximum absolute atomic E-state index is 5.78. The number of hydrogen-bond donors (Lipinski definition) is 1. The SMILES string of the molecule is CCNCOC(C)C(OCOC)c1ccccc1C. The number of rotatable bonds is 9. The highest BCUT2D eigenvalue weighted by Crippen LogP contribution is 2.26. The molecule has 1 aromatic rings. The topological polar surface area (TPSA) is 39.7 Å². The van der Waals surface area contributed by atoms with E-state index in [1.54, 1.807) is 7.11 Å². The van der Waals surface area contributed by atoms with E-state index in [0.29, 0.717) is 6.73 Å². The van der Waals surface area contributed by atoms with Crippen LogP contribution in [-0.4, -0.2) is 33.3 Å². The Bertz CT molecular complexity index is 357. The lowest BCUT2D eigenvalue weighted by Gasteiger charge is -2.26. The Balaban J connectivity index is 2.73. The van der Waals surface area contributed by atoms with Gasteiger partial charge in [0.15, 0.2) is 0 Å². The second-order valence-corrected chi connectivity index (χ2v) is 4.47. The van der Waals surface area contributed by atoms with Gasteiger partial charge in [-0.05, 0) is 31.5 Å². The quantitative estimate of drug-likeness (QED) is 0.551. The van der Waals surface area contributed by atoms with Crippen LogP contribution in [0.25, 0.3) is 0 Å². The molecule has 0 saturated carbocycles. The lowest BCUT2D eigenvalue weighted by Crippen LogP contribution is -2.28. The highest BCUT2D eigenvalue weighted by Gasteiger charge is 2.22. The van der Waals surface area contributed by atoms with Crippen LogP contribution in [0.4, 0.5) is 0 Å². The van der Waals surface area contributed by atoms with Crippen LogP contribution in [0.1, 0.15) is 31.1 Å². The van der Waals surface area contributed by atoms with E-state index in [1.165, 1.54) is 5.56 Å². The van der Waals surface area contributed by atoms with Crippen LogP contribution in [0.5, 0.6) is 0 Å². The summed E-state index contributed by atoms with van der Waals surface area (Å²) in [7, 11) is 1.62. The van der Waals surface area contributed by atoms with Crippen molar-refractivity contribution in [3.05, 3.63) is 35.4 Å². The predicted molar refractivity (Wildman–Crippen MR) is 76.0 cm³/mol. The highest BCUT2D eigenvalue weighted by atomic mass is 16.7. The third-order valence-electron chi connectivity index (χ3n) is 2.99. The van der Waals surface area contributed by atoms with E-state index in [4.69, 9.17) is 14.2 Å². The van der Waals surface area contributed by atoms with Crippen molar-refractivity contribution in [2.45, 2.75) is 33.0 Å². The number of hydrogen-bond acceptors (Lipinski definition) is 4. The zero-order chi connectivity index (χ0) is 14.1. The van der Waals surface area contributed by atoms with Crippen LogP contribution >= 0.6 is 0 Å². The number of nitrogens with one attached hydrogen (secondary N) is 1. The Morgan fingerprint density at radius 1 is 1.21 bits per heavy atom. The molecule has 108 valence electrons. The summed E-state index contributed by atoms with van der Waals surface area (Å²) in [5.74, 6) is 0. The molecule has 0 aliphatic heterocycles. The van der Waals surface area contributed by atoms with Crippen molar-refractivity contribution in [1.29, 1.82) is 0 Å². The van der Waals surface area contributed by atoms with Crippen LogP contribution in [0, 0.1) is 6.92 Å². The van der Waals surface area contributed by atoms with Crippen molar-refractivity contribution in [3.8, 4) is 0 Å². The average molecular weight is 267 g/mol. The molecule has 0 saturated heterocycles. The lowest BCUT2D eigenvalue weighted by molar-refractivity contribution is -0.128. The smallest absolute Gasteiger partial charge is 0.147 e. The molecule has 1 aromatic carbocycles. The maximum atomic E-state index is 5.78. The van der Waals surface area contributed by atoms with E-state index < -0.39 is 0 Å². The van der Waals surface area contributed by atoms with Crippen molar-refractivity contribution in [2.24, 2.45) is 0 Å². The van der Waals surface area contributed by atoms with Gasteiger partial charge in [-0.3, -0.25) is 5.32 Å². The molecule has 1 N–H and O–H groups in total. The summed E-state index contributed by atoms with van der Waals surface area (Å²) in [5, 5.41) is 3.15. The van der Waals surface area contributed by atoms with Gasteiger partial charge in [0, 0.05) is 7.11 Å².